The second-order valence-corrected chi connectivity index (χ2v) is 7.19. The number of benzene rings is 1. The number of nitrogens with one attached hydrogen (secondary N) is 1. The van der Waals surface area contributed by atoms with Crippen LogP contribution in [0.5, 0.6) is 5.75 Å². The maximum absolute atomic E-state index is 11.8. The number of amidine groups is 1. The number of ether oxygens (including phenoxy) is 1. The fourth-order valence-electron chi connectivity index (χ4n) is 1.63. The first-order valence-electron chi connectivity index (χ1n) is 6.55. The molecule has 3 aromatic rings. The summed E-state index contributed by atoms with van der Waals surface area (Å²) in [6, 6.07) is 6.58. The Balaban J connectivity index is 0.000000399. The molecule has 0 atom stereocenters. The molecular weight excluding hydrogens is 370 g/mol. The fourth-order valence-corrected chi connectivity index (χ4v) is 2.49. The molecule has 3 rings (SSSR count). The van der Waals surface area contributed by atoms with Gasteiger partial charge in [-0.25, -0.2) is 9.78 Å². The van der Waals surface area contributed by atoms with Crippen LogP contribution >= 0.6 is 11.3 Å². The minimum absolute atomic E-state index is 0.0804. The summed E-state index contributed by atoms with van der Waals surface area (Å²) in [5.74, 6) is -0.167. The number of nitrogens with two attached hydrogens (primary N) is 1. The van der Waals surface area contributed by atoms with E-state index in [9.17, 15) is 13.2 Å². The number of esters is 1. The van der Waals surface area contributed by atoms with Gasteiger partial charge in [0, 0.05) is 6.07 Å². The van der Waals surface area contributed by atoms with Crippen LogP contribution in [0.25, 0.3) is 10.2 Å². The number of furan rings is 1. The smallest absolute Gasteiger partial charge is 0.346 e. The van der Waals surface area contributed by atoms with Gasteiger partial charge < -0.3 is 14.9 Å². The predicted molar refractivity (Wildman–Crippen MR) is 91.8 cm³/mol. The zero-order valence-corrected chi connectivity index (χ0v) is 14.4. The zero-order valence-electron chi connectivity index (χ0n) is 12.8. The van der Waals surface area contributed by atoms with Crippen molar-refractivity contribution in [2.24, 2.45) is 5.73 Å². The lowest BCUT2D eigenvalue weighted by atomic mass is 10.3. The van der Waals surface area contributed by atoms with Crippen LogP contribution in [0.4, 0.5) is 0 Å². The number of carbonyl (C=O) groups is 1. The van der Waals surface area contributed by atoms with E-state index in [1.54, 1.807) is 18.2 Å². The lowest BCUT2D eigenvalue weighted by Gasteiger charge is -2.01. The van der Waals surface area contributed by atoms with Gasteiger partial charge >= 0.3 is 5.97 Å². The fraction of sp³-hybridized carbons (Fsp3) is 0.0714. The Labute approximate surface area is 146 Å². The van der Waals surface area contributed by atoms with E-state index in [4.69, 9.17) is 24.8 Å². The van der Waals surface area contributed by atoms with Gasteiger partial charge in [-0.15, -0.1) is 11.3 Å². The summed E-state index contributed by atoms with van der Waals surface area (Å²) in [5.41, 5.74) is 6.45. The Morgan fingerprint density at radius 2 is 2.08 bits per heavy atom. The quantitative estimate of drug-likeness (QED) is 0.203. The Bertz CT molecular complexity index is 1000. The average Bonchev–Trinajstić information content (AvgIpc) is 3.14. The van der Waals surface area contributed by atoms with E-state index in [-0.39, 0.29) is 5.84 Å². The second-order valence-electron chi connectivity index (χ2n) is 4.70. The summed E-state index contributed by atoms with van der Waals surface area (Å²) >= 11 is 1.27. The van der Waals surface area contributed by atoms with E-state index in [0.717, 1.165) is 4.70 Å². The third kappa shape index (κ3) is 5.67. The molecule has 4 N–H and O–H groups in total. The van der Waals surface area contributed by atoms with Crippen LogP contribution in [0.3, 0.4) is 0 Å². The van der Waals surface area contributed by atoms with Gasteiger partial charge in [-0.3, -0.25) is 9.96 Å². The molecule has 0 aliphatic rings. The van der Waals surface area contributed by atoms with Gasteiger partial charge in [0.25, 0.3) is 10.1 Å². The third-order valence-electron chi connectivity index (χ3n) is 2.56. The normalized spacial score (nSPS) is 10.8. The molecule has 0 bridgehead atoms. The van der Waals surface area contributed by atoms with Crippen molar-refractivity contribution >= 4 is 43.5 Å². The second kappa shape index (κ2) is 7.42. The van der Waals surface area contributed by atoms with E-state index in [1.165, 1.54) is 29.9 Å². The highest BCUT2D eigenvalue weighted by molar-refractivity contribution is 7.85. The number of rotatable bonds is 3. The third-order valence-corrected chi connectivity index (χ3v) is 3.61. The molecule has 0 aliphatic heterocycles. The first-order chi connectivity index (χ1) is 11.6. The molecule has 0 saturated heterocycles. The van der Waals surface area contributed by atoms with E-state index < -0.39 is 16.1 Å². The molecule has 0 aliphatic carbocycles. The highest BCUT2D eigenvalue weighted by atomic mass is 32.2. The van der Waals surface area contributed by atoms with Gasteiger partial charge in [0.2, 0.25) is 0 Å². The van der Waals surface area contributed by atoms with Gasteiger partial charge in [-0.05, 0) is 18.2 Å². The molecule has 0 radical (unpaired) electrons. The average molecular weight is 383 g/mol. The maximum atomic E-state index is 11.8. The van der Waals surface area contributed by atoms with Crippen molar-refractivity contribution in [2.75, 3.05) is 6.26 Å². The van der Waals surface area contributed by atoms with Gasteiger partial charge in [0.1, 0.15) is 12.0 Å². The molecule has 0 unspecified atom stereocenters. The molecule has 2 heterocycles. The number of carbonyl (C=O) groups excluding carboxylic acids is 1. The Morgan fingerprint density at radius 3 is 2.64 bits per heavy atom. The van der Waals surface area contributed by atoms with Gasteiger partial charge in [-0.1, -0.05) is 0 Å². The van der Waals surface area contributed by atoms with E-state index >= 15 is 0 Å². The highest BCUT2D eigenvalue weighted by Crippen LogP contribution is 2.26. The number of nitrogen functional groups attached to an aromatic ring is 1. The van der Waals surface area contributed by atoms with E-state index in [1.807, 2.05) is 0 Å². The van der Waals surface area contributed by atoms with Crippen molar-refractivity contribution in [2.45, 2.75) is 0 Å². The monoisotopic (exact) mass is 383 g/mol. The summed E-state index contributed by atoms with van der Waals surface area (Å²) in [6.07, 6.45) is 3.44. The minimum atomic E-state index is -3.67. The molecule has 0 spiro atoms. The molecule has 132 valence electrons. The number of hydrogen-bond donors (Lipinski definition) is 3. The van der Waals surface area contributed by atoms with Crippen molar-refractivity contribution in [3.63, 3.8) is 0 Å². The molecule has 11 heteroatoms. The van der Waals surface area contributed by atoms with Gasteiger partial charge in [0.15, 0.2) is 10.8 Å². The standard InChI is InChI=1S/C13H9N3O3S.CH4O3S/c14-11(15)12-16-9-2-1-8(5-10(9)20-12)19-13(17)7-3-4-18-6-7;1-5(2,3)4/h1-6H,(H3,14,15);1H3,(H,2,3,4). The molecule has 0 saturated carbocycles. The van der Waals surface area contributed by atoms with Crippen LogP contribution in [0.1, 0.15) is 15.4 Å². The van der Waals surface area contributed by atoms with Crippen LogP contribution in [0.15, 0.2) is 41.2 Å². The summed E-state index contributed by atoms with van der Waals surface area (Å²) in [5, 5.41) is 7.80. The Kier molecular flexibility index (Phi) is 5.51. The van der Waals surface area contributed by atoms with Crippen molar-refractivity contribution < 1.29 is 26.9 Å². The lowest BCUT2D eigenvalue weighted by molar-refractivity contribution is 0.0734. The molecule has 0 amide bonds. The van der Waals surface area contributed by atoms with E-state index in [2.05, 4.69) is 4.98 Å². The molecular formula is C14H13N3O6S2. The zero-order chi connectivity index (χ0) is 18.6. The number of thiazole rings is 1. The van der Waals surface area contributed by atoms with Crippen LogP contribution in [-0.2, 0) is 10.1 Å². The Hall–Kier alpha value is -2.76. The van der Waals surface area contributed by atoms with Crippen LogP contribution < -0.4 is 10.5 Å². The number of fused-ring (bicyclic) bond motifs is 1. The van der Waals surface area contributed by atoms with Gasteiger partial charge in [-0.2, -0.15) is 8.42 Å². The number of aromatic nitrogens is 1. The first-order valence-corrected chi connectivity index (χ1v) is 9.22. The lowest BCUT2D eigenvalue weighted by Crippen LogP contribution is -2.09. The largest absolute Gasteiger partial charge is 0.472 e. The number of hydrogen-bond acceptors (Lipinski definition) is 8. The van der Waals surface area contributed by atoms with Crippen molar-refractivity contribution in [3.8, 4) is 5.75 Å². The van der Waals surface area contributed by atoms with Crippen LogP contribution in [0, 0.1) is 5.41 Å². The molecule has 9 nitrogen and oxygen atoms in total. The van der Waals surface area contributed by atoms with Gasteiger partial charge in [0.05, 0.1) is 28.3 Å². The molecule has 1 aromatic carbocycles. The SMILES string of the molecule is CS(=O)(=O)O.N=C(N)c1nc2ccc(OC(=O)c3ccoc3)cc2s1. The number of nitrogens with zero attached hydrogens (tertiary/aromatic N) is 1. The summed E-state index contributed by atoms with van der Waals surface area (Å²) in [4.78, 5) is 16.0. The first kappa shape index (κ1) is 18.6. The maximum Gasteiger partial charge on any atom is 0.346 e. The Morgan fingerprint density at radius 1 is 1.40 bits per heavy atom. The van der Waals surface area contributed by atoms with Crippen molar-refractivity contribution in [3.05, 3.63) is 47.4 Å². The van der Waals surface area contributed by atoms with Crippen molar-refractivity contribution in [1.29, 1.82) is 5.41 Å². The predicted octanol–water partition coefficient (Wildman–Crippen LogP) is 1.90. The molecule has 2 aromatic heterocycles. The minimum Gasteiger partial charge on any atom is -0.472 e. The summed E-state index contributed by atoms with van der Waals surface area (Å²) < 4.78 is 36.7. The van der Waals surface area contributed by atoms with Crippen molar-refractivity contribution in [1.82, 2.24) is 4.98 Å². The summed E-state index contributed by atoms with van der Waals surface area (Å²) in [6.45, 7) is 0. The molecule has 25 heavy (non-hydrogen) atoms. The topological polar surface area (TPSA) is 157 Å². The highest BCUT2D eigenvalue weighted by Gasteiger charge is 2.12. The van der Waals surface area contributed by atoms with Crippen LogP contribution in [-0.4, -0.2) is 36.0 Å². The van der Waals surface area contributed by atoms with E-state index in [0.29, 0.717) is 28.1 Å². The summed E-state index contributed by atoms with van der Waals surface area (Å²) in [7, 11) is -3.67. The van der Waals surface area contributed by atoms with Crippen LogP contribution in [0.2, 0.25) is 0 Å². The molecule has 0 fully saturated rings.